The van der Waals surface area contributed by atoms with Gasteiger partial charge in [-0.3, -0.25) is 9.59 Å². The number of halogens is 1. The summed E-state index contributed by atoms with van der Waals surface area (Å²) in [7, 11) is 0. The lowest BCUT2D eigenvalue weighted by Gasteiger charge is -2.51. The van der Waals surface area contributed by atoms with Crippen LogP contribution in [-0.2, 0) is 28.0 Å². The molecular formula is C31H30FN3O2. The molecule has 37 heavy (non-hydrogen) atoms. The third-order valence-corrected chi connectivity index (χ3v) is 8.17. The number of piperazine rings is 1. The molecule has 6 heteroatoms. The first kappa shape index (κ1) is 23.5. The molecule has 0 saturated carbocycles. The number of aryl methyl sites for hydroxylation is 1. The highest BCUT2D eigenvalue weighted by Gasteiger charge is 2.56. The SMILES string of the molecule is CCc1ccc([C@@H]2CN3C(=O)CN(CCc4cccc(F)c4)C(=O)[C@]3(C)c3[nH]c4ccccc4c32)cc1. The number of benzene rings is 3. The first-order valence-corrected chi connectivity index (χ1v) is 12.9. The van der Waals surface area contributed by atoms with E-state index in [0.717, 1.165) is 39.7 Å². The lowest BCUT2D eigenvalue weighted by molar-refractivity contribution is -0.166. The van der Waals surface area contributed by atoms with Crippen molar-refractivity contribution in [3.8, 4) is 0 Å². The number of amides is 2. The van der Waals surface area contributed by atoms with E-state index < -0.39 is 5.54 Å². The predicted octanol–water partition coefficient (Wildman–Crippen LogP) is 5.14. The third-order valence-electron chi connectivity index (χ3n) is 8.17. The fraction of sp³-hybridized carbons (Fsp3) is 0.290. The van der Waals surface area contributed by atoms with Gasteiger partial charge in [-0.1, -0.05) is 61.5 Å². The van der Waals surface area contributed by atoms with Crippen molar-refractivity contribution in [2.75, 3.05) is 19.6 Å². The van der Waals surface area contributed by atoms with Gasteiger partial charge in [0.2, 0.25) is 5.91 Å². The Kier molecular flexibility index (Phi) is 5.63. The molecular weight excluding hydrogens is 465 g/mol. The second-order valence-electron chi connectivity index (χ2n) is 10.3. The quantitative estimate of drug-likeness (QED) is 0.417. The van der Waals surface area contributed by atoms with E-state index in [0.29, 0.717) is 19.5 Å². The summed E-state index contributed by atoms with van der Waals surface area (Å²) in [5.74, 6) is -0.512. The summed E-state index contributed by atoms with van der Waals surface area (Å²) in [5, 5.41) is 1.08. The van der Waals surface area contributed by atoms with Gasteiger partial charge >= 0.3 is 0 Å². The van der Waals surface area contributed by atoms with Gasteiger partial charge in [-0.25, -0.2) is 4.39 Å². The highest BCUT2D eigenvalue weighted by molar-refractivity contribution is 6.01. The number of H-pyrrole nitrogens is 1. The molecule has 6 rings (SSSR count). The van der Waals surface area contributed by atoms with E-state index in [-0.39, 0.29) is 30.1 Å². The summed E-state index contributed by atoms with van der Waals surface area (Å²) in [6.45, 7) is 4.83. The van der Waals surface area contributed by atoms with Gasteiger partial charge in [0.25, 0.3) is 5.91 Å². The summed E-state index contributed by atoms with van der Waals surface area (Å²) in [4.78, 5) is 34.7. The van der Waals surface area contributed by atoms with E-state index in [9.17, 15) is 14.0 Å². The van der Waals surface area contributed by atoms with Crippen molar-refractivity contribution >= 4 is 22.7 Å². The Bertz CT molecular complexity index is 1510. The summed E-state index contributed by atoms with van der Waals surface area (Å²) < 4.78 is 13.7. The number of rotatable bonds is 5. The lowest BCUT2D eigenvalue weighted by atomic mass is 9.76. The minimum Gasteiger partial charge on any atom is -0.356 e. The number of carbonyl (C=O) groups excluding carboxylic acids is 2. The standard InChI is InChI=1S/C31H30FN3O2/c1-3-20-11-13-22(14-12-20)25-18-35-27(36)19-34(16-15-21-7-6-8-23(32)17-21)30(37)31(35,2)29-28(25)24-9-4-5-10-26(24)33-29/h4-14,17,25,33H,3,15-16,18-19H2,1-2H3/t25-,31-/m0/s1. The largest absolute Gasteiger partial charge is 0.356 e. The van der Waals surface area contributed by atoms with Crippen LogP contribution < -0.4 is 0 Å². The summed E-state index contributed by atoms with van der Waals surface area (Å²) in [5.41, 5.74) is 4.91. The van der Waals surface area contributed by atoms with Crippen LogP contribution in [-0.4, -0.2) is 46.2 Å². The number of para-hydroxylation sites is 1. The Morgan fingerprint density at radius 1 is 1.00 bits per heavy atom. The van der Waals surface area contributed by atoms with E-state index in [1.165, 1.54) is 17.7 Å². The van der Waals surface area contributed by atoms with Gasteiger partial charge in [-0.05, 0) is 60.2 Å². The van der Waals surface area contributed by atoms with Crippen molar-refractivity contribution in [1.29, 1.82) is 0 Å². The Morgan fingerprint density at radius 3 is 2.54 bits per heavy atom. The highest BCUT2D eigenvalue weighted by Crippen LogP contribution is 2.48. The molecule has 0 aliphatic carbocycles. The average Bonchev–Trinajstić information content (AvgIpc) is 3.31. The van der Waals surface area contributed by atoms with Crippen LogP contribution in [0.25, 0.3) is 10.9 Å². The van der Waals surface area contributed by atoms with Crippen LogP contribution in [0.3, 0.4) is 0 Å². The normalized spacial score (nSPS) is 21.3. The van der Waals surface area contributed by atoms with Crippen molar-refractivity contribution in [3.63, 3.8) is 0 Å². The number of nitrogens with one attached hydrogen (secondary N) is 1. The first-order valence-electron chi connectivity index (χ1n) is 12.9. The van der Waals surface area contributed by atoms with Gasteiger partial charge < -0.3 is 14.8 Å². The maximum Gasteiger partial charge on any atom is 0.254 e. The van der Waals surface area contributed by atoms with Gasteiger partial charge in [-0.15, -0.1) is 0 Å². The number of carbonyl (C=O) groups is 2. The molecule has 1 fully saturated rings. The zero-order valence-electron chi connectivity index (χ0n) is 21.1. The van der Waals surface area contributed by atoms with E-state index in [1.807, 2.05) is 31.2 Å². The van der Waals surface area contributed by atoms with Crippen LogP contribution in [0.2, 0.25) is 0 Å². The van der Waals surface area contributed by atoms with Gasteiger partial charge in [-0.2, -0.15) is 0 Å². The van der Waals surface area contributed by atoms with Crippen LogP contribution >= 0.6 is 0 Å². The molecule has 188 valence electrons. The first-order chi connectivity index (χ1) is 17.9. The highest BCUT2D eigenvalue weighted by atomic mass is 19.1. The molecule has 0 radical (unpaired) electrons. The van der Waals surface area contributed by atoms with Crippen LogP contribution in [0, 0.1) is 5.82 Å². The molecule has 4 aromatic rings. The Labute approximate surface area is 215 Å². The monoisotopic (exact) mass is 495 g/mol. The molecule has 0 bridgehead atoms. The fourth-order valence-electron chi connectivity index (χ4n) is 6.10. The van der Waals surface area contributed by atoms with Gasteiger partial charge in [0.1, 0.15) is 5.82 Å². The summed E-state index contributed by atoms with van der Waals surface area (Å²) in [6.07, 6.45) is 1.45. The molecule has 1 saturated heterocycles. The smallest absolute Gasteiger partial charge is 0.254 e. The van der Waals surface area contributed by atoms with Crippen LogP contribution in [0.15, 0.2) is 72.8 Å². The maximum atomic E-state index is 14.1. The Morgan fingerprint density at radius 2 is 1.78 bits per heavy atom. The molecule has 1 aromatic heterocycles. The molecule has 3 aromatic carbocycles. The number of fused-ring (bicyclic) bond motifs is 5. The van der Waals surface area contributed by atoms with Crippen molar-refractivity contribution in [1.82, 2.24) is 14.8 Å². The van der Waals surface area contributed by atoms with Gasteiger partial charge in [0, 0.05) is 29.9 Å². The topological polar surface area (TPSA) is 56.4 Å². The Balaban J connectivity index is 1.43. The van der Waals surface area contributed by atoms with Crippen LogP contribution in [0.1, 0.15) is 47.7 Å². The van der Waals surface area contributed by atoms with Crippen molar-refractivity contribution in [2.24, 2.45) is 0 Å². The molecule has 1 N–H and O–H groups in total. The zero-order chi connectivity index (χ0) is 25.7. The molecule has 2 aliphatic rings. The van der Waals surface area contributed by atoms with Crippen molar-refractivity contribution in [3.05, 3.63) is 107 Å². The van der Waals surface area contributed by atoms with Crippen LogP contribution in [0.5, 0.6) is 0 Å². The number of nitrogens with zero attached hydrogens (tertiary/aromatic N) is 2. The van der Waals surface area contributed by atoms with E-state index >= 15 is 0 Å². The van der Waals surface area contributed by atoms with Crippen molar-refractivity contribution < 1.29 is 14.0 Å². The van der Waals surface area contributed by atoms with E-state index in [4.69, 9.17) is 0 Å². The maximum absolute atomic E-state index is 14.1. The van der Waals surface area contributed by atoms with Gasteiger partial charge in [0.15, 0.2) is 5.54 Å². The Hall–Kier alpha value is -3.93. The number of aromatic amines is 1. The van der Waals surface area contributed by atoms with E-state index in [2.05, 4.69) is 42.2 Å². The molecule has 3 heterocycles. The van der Waals surface area contributed by atoms with Crippen LogP contribution in [0.4, 0.5) is 4.39 Å². The molecule has 5 nitrogen and oxygen atoms in total. The third kappa shape index (κ3) is 3.74. The summed E-state index contributed by atoms with van der Waals surface area (Å²) >= 11 is 0. The zero-order valence-corrected chi connectivity index (χ0v) is 21.1. The molecule has 2 amide bonds. The molecule has 0 unspecified atom stereocenters. The van der Waals surface area contributed by atoms with Crippen molar-refractivity contribution in [2.45, 2.75) is 38.1 Å². The second-order valence-corrected chi connectivity index (χ2v) is 10.3. The van der Waals surface area contributed by atoms with Gasteiger partial charge in [0.05, 0.1) is 12.2 Å². The minimum atomic E-state index is -1.13. The number of hydrogen-bond donors (Lipinski definition) is 1. The number of aromatic nitrogens is 1. The lowest BCUT2D eigenvalue weighted by Crippen LogP contribution is -2.67. The molecule has 2 atom stereocenters. The average molecular weight is 496 g/mol. The fourth-order valence-corrected chi connectivity index (χ4v) is 6.10. The number of hydrogen-bond acceptors (Lipinski definition) is 2. The predicted molar refractivity (Wildman–Crippen MR) is 142 cm³/mol. The summed E-state index contributed by atoms with van der Waals surface area (Å²) in [6, 6.07) is 23.1. The minimum absolute atomic E-state index is 0.0286. The molecule has 2 aliphatic heterocycles. The molecule has 0 spiro atoms. The second kappa shape index (κ2) is 8.87. The van der Waals surface area contributed by atoms with E-state index in [1.54, 1.807) is 15.9 Å².